The Morgan fingerprint density at radius 1 is 1.02 bits per heavy atom. The smallest absolute Gasteiger partial charge is 0.416 e. The molecule has 1 saturated carbocycles. The summed E-state index contributed by atoms with van der Waals surface area (Å²) in [6.07, 6.45) is -4.18. The van der Waals surface area contributed by atoms with Gasteiger partial charge in [0.25, 0.3) is 0 Å². The molecule has 6 rings (SSSR count). The summed E-state index contributed by atoms with van der Waals surface area (Å²) in [5.41, 5.74) is 5.09. The molecule has 13 heteroatoms. The number of halogens is 3. The minimum atomic E-state index is -4.58. The topological polar surface area (TPSA) is 136 Å². The van der Waals surface area contributed by atoms with Gasteiger partial charge in [0, 0.05) is 35.2 Å². The second kappa shape index (κ2) is 14.2. The van der Waals surface area contributed by atoms with Crippen LogP contribution < -0.4 is 25.8 Å². The summed E-state index contributed by atoms with van der Waals surface area (Å²) in [5.74, 6) is -0.765. The number of nitrogens with one attached hydrogen (secondary N) is 2. The predicted molar refractivity (Wildman–Crippen MR) is 195 cm³/mol. The zero-order chi connectivity index (χ0) is 38.3. The van der Waals surface area contributed by atoms with Gasteiger partial charge in [0.05, 0.1) is 30.4 Å². The number of primary amides is 1. The Morgan fingerprint density at radius 3 is 2.38 bits per heavy atom. The molecule has 1 aromatic heterocycles. The van der Waals surface area contributed by atoms with E-state index in [1.54, 1.807) is 40.0 Å². The Kier molecular flexibility index (Phi) is 10.1. The van der Waals surface area contributed by atoms with Crippen molar-refractivity contribution in [1.29, 1.82) is 0 Å². The van der Waals surface area contributed by atoms with E-state index >= 15 is 0 Å². The van der Waals surface area contributed by atoms with E-state index in [0.717, 1.165) is 17.7 Å². The molecule has 3 amide bonds. The minimum Gasteiger partial charge on any atom is -0.497 e. The van der Waals surface area contributed by atoms with E-state index in [1.807, 2.05) is 49.4 Å². The third-order valence-corrected chi connectivity index (χ3v) is 10.2. The SMILES string of the molecule is CC[C@@H]1C[C@]1(NC(=O)[C@@H]1C[C@@H](Oc2cc(-c3ccccc3)nc3cc(OC)ccc23)CN1C(=O)[C@@H](Nc1cccc(C(F)(F)F)c1)C(C)(C)C)C(N)=O. The van der Waals surface area contributed by atoms with Gasteiger partial charge < -0.3 is 30.7 Å². The number of carbonyl (C=O) groups is 3. The van der Waals surface area contributed by atoms with Crippen molar-refractivity contribution in [2.24, 2.45) is 17.1 Å². The second-order valence-electron chi connectivity index (χ2n) is 14.9. The first-order chi connectivity index (χ1) is 25.0. The van der Waals surface area contributed by atoms with E-state index in [9.17, 15) is 27.6 Å². The van der Waals surface area contributed by atoms with Gasteiger partial charge in [0.1, 0.15) is 35.2 Å². The van der Waals surface area contributed by atoms with Crippen LogP contribution in [0, 0.1) is 11.3 Å². The van der Waals surface area contributed by atoms with E-state index in [0.29, 0.717) is 40.9 Å². The molecule has 0 spiro atoms. The maximum atomic E-state index is 14.6. The molecule has 2 aliphatic rings. The van der Waals surface area contributed by atoms with Crippen LogP contribution in [0.1, 0.15) is 52.5 Å². The number of hydrogen-bond acceptors (Lipinski definition) is 7. The van der Waals surface area contributed by atoms with Gasteiger partial charge in [-0.3, -0.25) is 14.4 Å². The number of ether oxygens (including phenoxy) is 2. The fourth-order valence-corrected chi connectivity index (χ4v) is 7.12. The Morgan fingerprint density at radius 2 is 1.75 bits per heavy atom. The summed E-state index contributed by atoms with van der Waals surface area (Å²) in [4.78, 5) is 47.6. The lowest BCUT2D eigenvalue weighted by atomic mass is 9.85. The molecule has 10 nitrogen and oxygen atoms in total. The lowest BCUT2D eigenvalue weighted by molar-refractivity contribution is -0.141. The van der Waals surface area contributed by atoms with Crippen LogP contribution in [0.2, 0.25) is 0 Å². The summed E-state index contributed by atoms with van der Waals surface area (Å²) in [7, 11) is 1.56. The maximum absolute atomic E-state index is 14.6. The Bertz CT molecular complexity index is 2020. The van der Waals surface area contributed by atoms with Crippen molar-refractivity contribution >= 4 is 34.3 Å². The number of aromatic nitrogens is 1. The van der Waals surface area contributed by atoms with Gasteiger partial charge in [0.2, 0.25) is 17.7 Å². The first-order valence-corrected chi connectivity index (χ1v) is 17.6. The quantitative estimate of drug-likeness (QED) is 0.159. The molecule has 4 aromatic rings. The molecule has 0 bridgehead atoms. The van der Waals surface area contributed by atoms with Gasteiger partial charge in [0.15, 0.2) is 0 Å². The normalized spacial score (nSPS) is 21.9. The van der Waals surface area contributed by atoms with E-state index in [4.69, 9.17) is 20.2 Å². The number of hydrogen-bond donors (Lipinski definition) is 3. The number of nitrogens with two attached hydrogens (primary N) is 1. The van der Waals surface area contributed by atoms with Crippen LogP contribution in [0.25, 0.3) is 22.2 Å². The average molecular weight is 732 g/mol. The van der Waals surface area contributed by atoms with Gasteiger partial charge in [-0.15, -0.1) is 0 Å². The van der Waals surface area contributed by atoms with Crippen molar-refractivity contribution in [3.63, 3.8) is 0 Å². The molecule has 1 aliphatic heterocycles. The zero-order valence-electron chi connectivity index (χ0n) is 30.3. The molecule has 4 N–H and O–H groups in total. The van der Waals surface area contributed by atoms with Crippen LogP contribution >= 0.6 is 0 Å². The molecule has 3 aromatic carbocycles. The predicted octanol–water partition coefficient (Wildman–Crippen LogP) is 6.57. The molecule has 0 radical (unpaired) electrons. The third kappa shape index (κ3) is 7.74. The Labute approximate surface area is 306 Å². The van der Waals surface area contributed by atoms with Crippen molar-refractivity contribution in [2.45, 2.75) is 76.9 Å². The van der Waals surface area contributed by atoms with Gasteiger partial charge in [-0.25, -0.2) is 4.98 Å². The summed E-state index contributed by atoms with van der Waals surface area (Å²) in [6, 6.07) is 19.3. The Balaban J connectivity index is 1.36. The number of nitrogens with zero attached hydrogens (tertiary/aromatic N) is 2. The molecule has 2 heterocycles. The molecular weight excluding hydrogens is 687 g/mol. The number of pyridine rings is 1. The van der Waals surface area contributed by atoms with Crippen molar-refractivity contribution in [3.8, 4) is 22.8 Å². The van der Waals surface area contributed by atoms with E-state index < -0.39 is 58.6 Å². The monoisotopic (exact) mass is 731 g/mol. The van der Waals surface area contributed by atoms with E-state index in [-0.39, 0.29) is 24.6 Å². The van der Waals surface area contributed by atoms with Crippen LogP contribution in [-0.2, 0) is 20.6 Å². The van der Waals surface area contributed by atoms with E-state index in [2.05, 4.69) is 10.6 Å². The summed E-state index contributed by atoms with van der Waals surface area (Å²) >= 11 is 0. The van der Waals surface area contributed by atoms with Gasteiger partial charge in [-0.1, -0.05) is 70.5 Å². The minimum absolute atomic E-state index is 0.0187. The fraction of sp³-hybridized carbons (Fsp3) is 0.400. The van der Waals surface area contributed by atoms with Crippen molar-refractivity contribution in [3.05, 3.63) is 84.4 Å². The van der Waals surface area contributed by atoms with Crippen LogP contribution in [0.15, 0.2) is 78.9 Å². The van der Waals surface area contributed by atoms with Gasteiger partial charge in [-0.2, -0.15) is 13.2 Å². The fourth-order valence-electron chi connectivity index (χ4n) is 7.12. The highest BCUT2D eigenvalue weighted by Gasteiger charge is 2.60. The summed E-state index contributed by atoms with van der Waals surface area (Å²) in [5, 5.41) is 6.59. The Hall–Kier alpha value is -5.33. The number of rotatable bonds is 11. The average Bonchev–Trinajstić information content (AvgIpc) is 3.69. The van der Waals surface area contributed by atoms with Crippen LogP contribution in [0.5, 0.6) is 11.5 Å². The standard InChI is InChI=1S/C40H44F3N5O5/c1-6-24-21-39(24,37(44)51)47-35(49)32-19-28(22-48(32)36(50)34(38(2,3)4)45-26-14-10-13-25(17-26)40(41,42)43)53-33-20-30(23-11-8-7-9-12-23)46-31-18-27(52-5)15-16-29(31)33/h7-18,20,24,28,32,34,45H,6,19,21-22H2,1-5H3,(H2,44,51)(H,47,49)/t24-,28-,32+,34-,39-/m1/s1. The lowest BCUT2D eigenvalue weighted by Crippen LogP contribution is -2.57. The van der Waals surface area contributed by atoms with Crippen LogP contribution in [-0.4, -0.2) is 65.0 Å². The number of amides is 3. The molecular formula is C40H44F3N5O5. The molecule has 2 fully saturated rings. The van der Waals surface area contributed by atoms with Gasteiger partial charge >= 0.3 is 6.18 Å². The highest BCUT2D eigenvalue weighted by molar-refractivity contribution is 5.97. The number of anilines is 1. The van der Waals surface area contributed by atoms with E-state index in [1.165, 1.54) is 17.0 Å². The maximum Gasteiger partial charge on any atom is 0.416 e. The molecule has 1 aliphatic carbocycles. The lowest BCUT2D eigenvalue weighted by Gasteiger charge is -2.36. The largest absolute Gasteiger partial charge is 0.497 e. The molecule has 53 heavy (non-hydrogen) atoms. The number of likely N-dealkylation sites (tertiary alicyclic amines) is 1. The van der Waals surface area contributed by atoms with Crippen LogP contribution in [0.3, 0.4) is 0 Å². The number of methoxy groups -OCH3 is 1. The summed E-state index contributed by atoms with van der Waals surface area (Å²) in [6.45, 7) is 7.25. The zero-order valence-corrected chi connectivity index (χ0v) is 30.3. The second-order valence-corrected chi connectivity index (χ2v) is 14.9. The molecule has 280 valence electrons. The number of benzene rings is 3. The number of carbonyl (C=O) groups excluding carboxylic acids is 3. The first-order valence-electron chi connectivity index (χ1n) is 17.6. The van der Waals surface area contributed by atoms with Crippen molar-refractivity contribution < 1.29 is 37.0 Å². The first kappa shape index (κ1) is 37.4. The molecule has 5 atom stereocenters. The highest BCUT2D eigenvalue weighted by atomic mass is 19.4. The van der Waals surface area contributed by atoms with Crippen LogP contribution in [0.4, 0.5) is 18.9 Å². The highest BCUT2D eigenvalue weighted by Crippen LogP contribution is 2.46. The summed E-state index contributed by atoms with van der Waals surface area (Å²) < 4.78 is 52.9. The number of alkyl halides is 3. The third-order valence-electron chi connectivity index (χ3n) is 10.2. The van der Waals surface area contributed by atoms with Crippen molar-refractivity contribution in [1.82, 2.24) is 15.2 Å². The molecule has 1 saturated heterocycles. The van der Waals surface area contributed by atoms with Gasteiger partial charge in [-0.05, 0) is 48.1 Å². The molecule has 0 unspecified atom stereocenters. The number of fused-ring (bicyclic) bond motifs is 1. The van der Waals surface area contributed by atoms with Crippen molar-refractivity contribution in [2.75, 3.05) is 19.0 Å².